The van der Waals surface area contributed by atoms with Crippen LogP contribution in [0.1, 0.15) is 36.2 Å². The van der Waals surface area contributed by atoms with Crippen LogP contribution in [0.3, 0.4) is 0 Å². The van der Waals surface area contributed by atoms with Crippen LogP contribution in [0.5, 0.6) is 11.5 Å². The van der Waals surface area contributed by atoms with Gasteiger partial charge >= 0.3 is 5.97 Å². The van der Waals surface area contributed by atoms with Crippen LogP contribution in [0, 0.1) is 5.92 Å². The molecule has 1 saturated heterocycles. The quantitative estimate of drug-likeness (QED) is 0.313. The molecular weight excluding hydrogens is 526 g/mol. The largest absolute Gasteiger partial charge is 0.481 e. The number of nitrogens with one attached hydrogen (secondary N) is 1. The molecule has 1 amide bonds. The molecular formula is C27H27N3O6S2. The molecule has 3 heterocycles. The van der Waals surface area contributed by atoms with Crippen molar-refractivity contribution in [2.24, 2.45) is 5.92 Å². The maximum Gasteiger partial charge on any atom is 0.306 e. The van der Waals surface area contributed by atoms with Gasteiger partial charge in [-0.05, 0) is 55.3 Å². The van der Waals surface area contributed by atoms with Crippen molar-refractivity contribution in [2.45, 2.75) is 37.1 Å². The SMILES string of the molecule is CC(Cc1cnc(-c2cc3cc(Oc4ccc(S(C)(=O)=O)cc4)c(C4CCC(=O)N4C)cc3[nH]2)s1)C(=O)O. The number of carboxylic acid groups (broad SMARTS) is 1. The summed E-state index contributed by atoms with van der Waals surface area (Å²) in [5, 5.41) is 10.8. The zero-order valence-electron chi connectivity index (χ0n) is 21.1. The number of aromatic amines is 1. The number of ether oxygens (including phenoxy) is 1. The van der Waals surface area contributed by atoms with Crippen LogP contribution in [0.2, 0.25) is 0 Å². The Morgan fingerprint density at radius 2 is 2.00 bits per heavy atom. The summed E-state index contributed by atoms with van der Waals surface area (Å²) in [7, 11) is -1.54. The predicted molar refractivity (Wildman–Crippen MR) is 144 cm³/mol. The van der Waals surface area contributed by atoms with Gasteiger partial charge < -0.3 is 19.7 Å². The Bertz CT molecular complexity index is 1640. The molecule has 38 heavy (non-hydrogen) atoms. The third-order valence-corrected chi connectivity index (χ3v) is 8.98. The maximum atomic E-state index is 12.3. The van der Waals surface area contributed by atoms with E-state index in [-0.39, 0.29) is 16.8 Å². The van der Waals surface area contributed by atoms with Gasteiger partial charge in [-0.15, -0.1) is 11.3 Å². The highest BCUT2D eigenvalue weighted by atomic mass is 32.2. The number of aliphatic carboxylic acids is 1. The first-order valence-electron chi connectivity index (χ1n) is 12.1. The fourth-order valence-corrected chi connectivity index (χ4v) is 6.25. The number of hydrogen-bond acceptors (Lipinski definition) is 7. The molecule has 2 aromatic heterocycles. The highest BCUT2D eigenvalue weighted by Crippen LogP contribution is 2.41. The van der Waals surface area contributed by atoms with Gasteiger partial charge in [0, 0.05) is 47.3 Å². The van der Waals surface area contributed by atoms with Crippen LogP contribution in [0.15, 0.2) is 53.6 Å². The molecule has 0 saturated carbocycles. The highest BCUT2D eigenvalue weighted by Gasteiger charge is 2.32. The minimum atomic E-state index is -3.33. The summed E-state index contributed by atoms with van der Waals surface area (Å²) in [5.41, 5.74) is 2.51. The summed E-state index contributed by atoms with van der Waals surface area (Å²) < 4.78 is 29.9. The van der Waals surface area contributed by atoms with Crippen LogP contribution < -0.4 is 4.74 Å². The van der Waals surface area contributed by atoms with Crippen LogP contribution in [-0.4, -0.2) is 53.6 Å². The average molecular weight is 554 g/mol. The van der Waals surface area contributed by atoms with Crippen LogP contribution in [0.4, 0.5) is 0 Å². The van der Waals surface area contributed by atoms with Crippen molar-refractivity contribution in [2.75, 3.05) is 13.3 Å². The summed E-state index contributed by atoms with van der Waals surface area (Å²) >= 11 is 1.45. The molecule has 2 atom stereocenters. The Balaban J connectivity index is 1.52. The smallest absolute Gasteiger partial charge is 0.306 e. The van der Waals surface area contributed by atoms with Gasteiger partial charge in [0.1, 0.15) is 16.5 Å². The molecule has 5 rings (SSSR count). The first kappa shape index (κ1) is 25.9. The van der Waals surface area contributed by atoms with Crippen LogP contribution in [0.25, 0.3) is 21.6 Å². The lowest BCUT2D eigenvalue weighted by atomic mass is 10.0. The number of benzene rings is 2. The Kier molecular flexibility index (Phi) is 6.74. The zero-order valence-corrected chi connectivity index (χ0v) is 22.7. The van der Waals surface area contributed by atoms with Crippen molar-refractivity contribution in [3.8, 4) is 22.2 Å². The van der Waals surface area contributed by atoms with Gasteiger partial charge in [-0.2, -0.15) is 0 Å². The minimum Gasteiger partial charge on any atom is -0.481 e. The Morgan fingerprint density at radius 3 is 2.63 bits per heavy atom. The molecule has 1 aliphatic rings. The van der Waals surface area contributed by atoms with Crippen molar-refractivity contribution in [1.29, 1.82) is 0 Å². The van der Waals surface area contributed by atoms with E-state index in [2.05, 4.69) is 9.97 Å². The number of carbonyl (C=O) groups excluding carboxylic acids is 1. The fourth-order valence-electron chi connectivity index (χ4n) is 4.61. The van der Waals surface area contributed by atoms with Crippen LogP contribution in [-0.2, 0) is 25.8 Å². The van der Waals surface area contributed by atoms with Gasteiger partial charge in [-0.25, -0.2) is 13.4 Å². The lowest BCUT2D eigenvalue weighted by Crippen LogP contribution is -2.22. The second kappa shape index (κ2) is 9.88. The van der Waals surface area contributed by atoms with Gasteiger partial charge in [0.15, 0.2) is 9.84 Å². The van der Waals surface area contributed by atoms with Gasteiger partial charge in [0.2, 0.25) is 5.91 Å². The first-order chi connectivity index (χ1) is 18.0. The van der Waals surface area contributed by atoms with Gasteiger partial charge in [-0.3, -0.25) is 9.59 Å². The number of hydrogen-bond donors (Lipinski definition) is 2. The number of carboxylic acids is 1. The Morgan fingerprint density at radius 1 is 1.26 bits per heavy atom. The molecule has 2 N–H and O–H groups in total. The number of aromatic nitrogens is 2. The summed E-state index contributed by atoms with van der Waals surface area (Å²) in [6.45, 7) is 1.67. The van der Waals surface area contributed by atoms with Crippen LogP contribution >= 0.6 is 11.3 Å². The standard InChI is InChI=1S/C27H27N3O6S2/c1-15(27(32)33)10-18-14-28-26(37-18)22-11-16-12-24(36-17-4-6-19(7-5-17)38(3,34)35)20(13-21(16)29-22)23-8-9-25(31)30(23)2/h4-7,11-15,23,29H,8-10H2,1-3H3,(H,32,33). The summed E-state index contributed by atoms with van der Waals surface area (Å²) in [6, 6.07) is 11.9. The molecule has 2 aromatic carbocycles. The molecule has 0 spiro atoms. The monoisotopic (exact) mass is 553 g/mol. The summed E-state index contributed by atoms with van der Waals surface area (Å²) in [6.07, 6.45) is 4.40. The number of amides is 1. The summed E-state index contributed by atoms with van der Waals surface area (Å²) in [5.74, 6) is -0.205. The first-order valence-corrected chi connectivity index (χ1v) is 14.8. The van der Waals surface area contributed by atoms with E-state index < -0.39 is 21.7 Å². The Hall–Kier alpha value is -3.70. The van der Waals surface area contributed by atoms with Crippen molar-refractivity contribution >= 4 is 44.0 Å². The molecule has 4 aromatic rings. The molecule has 2 unspecified atom stereocenters. The lowest BCUT2D eigenvalue weighted by molar-refractivity contribution is -0.141. The van der Waals surface area contributed by atoms with E-state index in [9.17, 15) is 23.1 Å². The second-order valence-corrected chi connectivity index (χ2v) is 12.8. The van der Waals surface area contributed by atoms with Crippen molar-refractivity contribution in [1.82, 2.24) is 14.9 Å². The second-order valence-electron chi connectivity index (χ2n) is 9.64. The van der Waals surface area contributed by atoms with Crippen molar-refractivity contribution in [3.05, 3.63) is 59.1 Å². The number of carbonyl (C=O) groups is 2. The summed E-state index contributed by atoms with van der Waals surface area (Å²) in [4.78, 5) is 34.3. The molecule has 0 aliphatic carbocycles. The number of nitrogens with zero attached hydrogens (tertiary/aromatic N) is 2. The molecule has 11 heteroatoms. The molecule has 1 fully saturated rings. The number of sulfone groups is 1. The van der Waals surface area contributed by atoms with E-state index in [1.54, 1.807) is 37.2 Å². The van der Waals surface area contributed by atoms with Gasteiger partial charge in [0.25, 0.3) is 0 Å². The Labute approximate surface area is 224 Å². The number of thiazole rings is 1. The van der Waals surface area contributed by atoms with Crippen molar-refractivity contribution in [3.63, 3.8) is 0 Å². The number of likely N-dealkylation sites (tertiary alicyclic amines) is 1. The normalized spacial score (nSPS) is 16.8. The molecule has 1 aliphatic heterocycles. The van der Waals surface area contributed by atoms with E-state index in [4.69, 9.17) is 4.74 Å². The fraction of sp³-hybridized carbons (Fsp3) is 0.296. The van der Waals surface area contributed by atoms with Gasteiger partial charge in [0.05, 0.1) is 22.5 Å². The maximum absolute atomic E-state index is 12.3. The van der Waals surface area contributed by atoms with E-state index in [0.29, 0.717) is 30.8 Å². The third kappa shape index (κ3) is 5.16. The molecule has 0 bridgehead atoms. The van der Waals surface area contributed by atoms with Crippen molar-refractivity contribution < 1.29 is 27.9 Å². The van der Waals surface area contributed by atoms with E-state index in [1.165, 1.54) is 23.5 Å². The average Bonchev–Trinajstić information content (AvgIpc) is 3.57. The topological polar surface area (TPSA) is 130 Å². The number of fused-ring (bicyclic) bond motifs is 1. The number of rotatable bonds is 8. The van der Waals surface area contributed by atoms with Gasteiger partial charge in [-0.1, -0.05) is 6.92 Å². The predicted octanol–water partition coefficient (Wildman–Crippen LogP) is 5.04. The third-order valence-electron chi connectivity index (χ3n) is 6.80. The van der Waals surface area contributed by atoms with E-state index >= 15 is 0 Å². The highest BCUT2D eigenvalue weighted by molar-refractivity contribution is 7.90. The van der Waals surface area contributed by atoms with E-state index in [1.807, 2.05) is 18.2 Å². The minimum absolute atomic E-state index is 0.0663. The molecule has 198 valence electrons. The molecule has 0 radical (unpaired) electrons. The number of H-pyrrole nitrogens is 1. The van der Waals surface area contributed by atoms with E-state index in [0.717, 1.165) is 38.3 Å². The molecule has 9 nitrogen and oxygen atoms in total. The lowest BCUT2D eigenvalue weighted by Gasteiger charge is -2.23. The zero-order chi connectivity index (χ0) is 27.2.